The number of rotatable bonds is 12. The standard InChI is InChI=1S/C18H34N2O4.C2H4O2/c1-23-17(21)11-7-3-5-9-15-13-19-14-16(20-15)10-6-4-8-12-18(22)24-2;1-2(3)4/h15-16,19-20H,3-14H2,1-2H3;1H3,(H,3,4). The van der Waals surface area contributed by atoms with E-state index in [0.717, 1.165) is 71.4 Å². The lowest BCUT2D eigenvalue weighted by Crippen LogP contribution is -2.54. The lowest BCUT2D eigenvalue weighted by Gasteiger charge is -2.32. The lowest BCUT2D eigenvalue weighted by atomic mass is 10.0. The van der Waals surface area contributed by atoms with Gasteiger partial charge >= 0.3 is 11.9 Å². The first-order valence-electron chi connectivity index (χ1n) is 10.2. The zero-order valence-corrected chi connectivity index (χ0v) is 17.6. The summed E-state index contributed by atoms with van der Waals surface area (Å²) in [6.07, 6.45) is 9.61. The number of hydrogen-bond donors (Lipinski definition) is 3. The molecule has 2 atom stereocenters. The van der Waals surface area contributed by atoms with Gasteiger partial charge in [0.25, 0.3) is 5.97 Å². The van der Waals surface area contributed by atoms with E-state index in [1.165, 1.54) is 14.2 Å². The smallest absolute Gasteiger partial charge is 0.305 e. The van der Waals surface area contributed by atoms with Crippen molar-refractivity contribution in [3.8, 4) is 0 Å². The summed E-state index contributed by atoms with van der Waals surface area (Å²) in [6, 6.07) is 1.05. The Morgan fingerprint density at radius 3 is 1.57 bits per heavy atom. The number of methoxy groups -OCH3 is 2. The van der Waals surface area contributed by atoms with Crippen molar-refractivity contribution in [3.63, 3.8) is 0 Å². The first kappa shape index (κ1) is 26.3. The summed E-state index contributed by atoms with van der Waals surface area (Å²) in [7, 11) is 2.88. The number of carbonyl (C=O) groups is 3. The van der Waals surface area contributed by atoms with Crippen molar-refractivity contribution in [2.45, 2.75) is 83.2 Å². The van der Waals surface area contributed by atoms with Gasteiger partial charge in [0, 0.05) is 44.9 Å². The minimum atomic E-state index is -0.833. The number of piperazine rings is 1. The highest BCUT2D eigenvalue weighted by atomic mass is 16.5. The summed E-state index contributed by atoms with van der Waals surface area (Å²) in [6.45, 7) is 3.13. The van der Waals surface area contributed by atoms with Crippen LogP contribution in [0, 0.1) is 0 Å². The normalized spacial score (nSPS) is 18.5. The van der Waals surface area contributed by atoms with Crippen LogP contribution >= 0.6 is 0 Å². The van der Waals surface area contributed by atoms with Crippen LogP contribution in [0.5, 0.6) is 0 Å². The van der Waals surface area contributed by atoms with E-state index >= 15 is 0 Å². The molecule has 0 spiro atoms. The molecule has 28 heavy (non-hydrogen) atoms. The summed E-state index contributed by atoms with van der Waals surface area (Å²) in [5.41, 5.74) is 0. The summed E-state index contributed by atoms with van der Waals surface area (Å²) in [5, 5.41) is 14.7. The summed E-state index contributed by atoms with van der Waals surface area (Å²) in [5.74, 6) is -1.06. The van der Waals surface area contributed by atoms with Gasteiger partial charge in [-0.15, -0.1) is 0 Å². The van der Waals surface area contributed by atoms with E-state index in [-0.39, 0.29) is 11.9 Å². The van der Waals surface area contributed by atoms with Crippen LogP contribution in [0.4, 0.5) is 0 Å². The molecule has 1 heterocycles. The Labute approximate surface area is 168 Å². The fourth-order valence-electron chi connectivity index (χ4n) is 3.13. The van der Waals surface area contributed by atoms with Gasteiger partial charge in [-0.05, 0) is 25.7 Å². The van der Waals surface area contributed by atoms with Gasteiger partial charge in [0.2, 0.25) is 0 Å². The first-order chi connectivity index (χ1) is 13.4. The quantitative estimate of drug-likeness (QED) is 0.336. The van der Waals surface area contributed by atoms with Gasteiger partial charge in [0.15, 0.2) is 0 Å². The number of carboxylic acids is 1. The highest BCUT2D eigenvalue weighted by Crippen LogP contribution is 2.12. The third-order valence-electron chi connectivity index (χ3n) is 4.58. The van der Waals surface area contributed by atoms with E-state index in [1.54, 1.807) is 0 Å². The molecule has 1 aliphatic rings. The van der Waals surface area contributed by atoms with Crippen LogP contribution in [0.3, 0.4) is 0 Å². The molecule has 0 bridgehead atoms. The maximum Gasteiger partial charge on any atom is 0.305 e. The molecule has 164 valence electrons. The highest BCUT2D eigenvalue weighted by molar-refractivity contribution is 5.69. The van der Waals surface area contributed by atoms with Gasteiger partial charge in [0.05, 0.1) is 14.2 Å². The molecule has 8 heteroatoms. The second kappa shape index (κ2) is 17.4. The van der Waals surface area contributed by atoms with Crippen molar-refractivity contribution >= 4 is 17.9 Å². The van der Waals surface area contributed by atoms with Crippen LogP contribution in [0.15, 0.2) is 0 Å². The van der Waals surface area contributed by atoms with E-state index in [4.69, 9.17) is 9.90 Å². The molecule has 0 saturated carbocycles. The van der Waals surface area contributed by atoms with Gasteiger partial charge < -0.3 is 25.2 Å². The monoisotopic (exact) mass is 402 g/mol. The van der Waals surface area contributed by atoms with E-state index < -0.39 is 5.97 Å². The third-order valence-corrected chi connectivity index (χ3v) is 4.58. The minimum Gasteiger partial charge on any atom is -0.481 e. The van der Waals surface area contributed by atoms with Gasteiger partial charge in [-0.2, -0.15) is 0 Å². The average Bonchev–Trinajstić information content (AvgIpc) is 2.67. The Morgan fingerprint density at radius 1 is 0.821 bits per heavy atom. The number of hydrogen-bond acceptors (Lipinski definition) is 7. The van der Waals surface area contributed by atoms with E-state index in [2.05, 4.69) is 20.1 Å². The summed E-state index contributed by atoms with van der Waals surface area (Å²) >= 11 is 0. The Balaban J connectivity index is 0.00000165. The fraction of sp³-hybridized carbons (Fsp3) is 0.850. The van der Waals surface area contributed by atoms with Crippen molar-refractivity contribution < 1.29 is 29.0 Å². The van der Waals surface area contributed by atoms with Gasteiger partial charge in [0.1, 0.15) is 0 Å². The van der Waals surface area contributed by atoms with Crippen LogP contribution in [0.25, 0.3) is 0 Å². The topological polar surface area (TPSA) is 114 Å². The van der Waals surface area contributed by atoms with Crippen molar-refractivity contribution in [1.29, 1.82) is 0 Å². The molecule has 1 rings (SSSR count). The Bertz CT molecular complexity index is 408. The number of nitrogens with one attached hydrogen (secondary N) is 2. The van der Waals surface area contributed by atoms with Gasteiger partial charge in [-0.3, -0.25) is 14.4 Å². The largest absolute Gasteiger partial charge is 0.481 e. The Morgan fingerprint density at radius 2 is 1.21 bits per heavy atom. The van der Waals surface area contributed by atoms with Crippen LogP contribution in [0.1, 0.15) is 71.1 Å². The van der Waals surface area contributed by atoms with Crippen molar-refractivity contribution in [2.75, 3.05) is 27.3 Å². The van der Waals surface area contributed by atoms with E-state index in [1.807, 2.05) is 0 Å². The number of aliphatic carboxylic acids is 1. The summed E-state index contributed by atoms with van der Waals surface area (Å²) in [4.78, 5) is 31.1. The maximum atomic E-state index is 11.1. The zero-order chi connectivity index (χ0) is 21.2. The SMILES string of the molecule is CC(=O)O.COC(=O)CCCCCC1CNCC(CCCCCC(=O)OC)N1. The molecular formula is C20H38N2O6. The Hall–Kier alpha value is -1.67. The molecule has 0 aromatic heterocycles. The molecule has 0 amide bonds. The molecule has 1 saturated heterocycles. The summed E-state index contributed by atoms with van der Waals surface area (Å²) < 4.78 is 9.30. The van der Waals surface area contributed by atoms with Gasteiger partial charge in [-0.1, -0.05) is 25.7 Å². The van der Waals surface area contributed by atoms with Crippen LogP contribution < -0.4 is 10.6 Å². The Kier molecular flexibility index (Phi) is 16.4. The van der Waals surface area contributed by atoms with Crippen LogP contribution in [-0.4, -0.2) is 62.4 Å². The van der Waals surface area contributed by atoms with Gasteiger partial charge in [-0.25, -0.2) is 0 Å². The molecule has 0 aromatic rings. The second-order valence-corrected chi connectivity index (χ2v) is 7.09. The van der Waals surface area contributed by atoms with Crippen molar-refractivity contribution in [2.24, 2.45) is 0 Å². The van der Waals surface area contributed by atoms with E-state index in [0.29, 0.717) is 24.9 Å². The maximum absolute atomic E-state index is 11.1. The fourth-order valence-corrected chi connectivity index (χ4v) is 3.13. The number of carboxylic acid groups (broad SMARTS) is 1. The van der Waals surface area contributed by atoms with Crippen molar-refractivity contribution in [3.05, 3.63) is 0 Å². The highest BCUT2D eigenvalue weighted by Gasteiger charge is 2.19. The average molecular weight is 403 g/mol. The van der Waals surface area contributed by atoms with Crippen molar-refractivity contribution in [1.82, 2.24) is 10.6 Å². The molecule has 0 aromatic carbocycles. The molecule has 2 unspecified atom stereocenters. The second-order valence-electron chi connectivity index (χ2n) is 7.09. The molecule has 0 radical (unpaired) electrons. The minimum absolute atomic E-state index is 0.111. The number of unbranched alkanes of at least 4 members (excludes halogenated alkanes) is 4. The molecule has 1 aliphatic heterocycles. The molecule has 8 nitrogen and oxygen atoms in total. The number of carbonyl (C=O) groups excluding carboxylic acids is 2. The predicted molar refractivity (Wildman–Crippen MR) is 107 cm³/mol. The molecular weight excluding hydrogens is 364 g/mol. The van der Waals surface area contributed by atoms with E-state index in [9.17, 15) is 9.59 Å². The molecule has 3 N–H and O–H groups in total. The first-order valence-corrected chi connectivity index (χ1v) is 10.2. The molecule has 1 fully saturated rings. The number of ether oxygens (including phenoxy) is 2. The van der Waals surface area contributed by atoms with Crippen LogP contribution in [0.2, 0.25) is 0 Å². The third kappa shape index (κ3) is 16.5. The number of esters is 2. The zero-order valence-electron chi connectivity index (χ0n) is 17.6. The predicted octanol–water partition coefficient (Wildman–Crippen LogP) is 2.25. The lowest BCUT2D eigenvalue weighted by molar-refractivity contribution is -0.141. The molecule has 0 aliphatic carbocycles. The van der Waals surface area contributed by atoms with Crippen LogP contribution in [-0.2, 0) is 23.9 Å².